The van der Waals surface area contributed by atoms with Crippen LogP contribution >= 0.6 is 0 Å². The van der Waals surface area contributed by atoms with Crippen LogP contribution in [0.5, 0.6) is 0 Å². The summed E-state index contributed by atoms with van der Waals surface area (Å²) in [6, 6.07) is 6.25. The zero-order chi connectivity index (χ0) is 14.5. The van der Waals surface area contributed by atoms with Gasteiger partial charge in [-0.05, 0) is 49.1 Å². The molecule has 5 rings (SSSR count). The van der Waals surface area contributed by atoms with E-state index in [2.05, 4.69) is 35.1 Å². The Kier molecular flexibility index (Phi) is 2.45. The lowest BCUT2D eigenvalue weighted by molar-refractivity contribution is 0.481. The van der Waals surface area contributed by atoms with Gasteiger partial charge in [-0.15, -0.1) is 0 Å². The summed E-state index contributed by atoms with van der Waals surface area (Å²) >= 11 is 0. The number of aliphatic imine (C=N–C) groups is 1. The lowest BCUT2D eigenvalue weighted by Crippen LogP contribution is -2.09. The van der Waals surface area contributed by atoms with E-state index in [4.69, 9.17) is 9.41 Å². The van der Waals surface area contributed by atoms with Crippen molar-refractivity contribution in [2.45, 2.75) is 25.2 Å². The number of aryl methyl sites for hydroxylation is 1. The molecule has 0 spiro atoms. The Hall–Kier alpha value is -2.55. The number of hydrogen-bond donors (Lipinski definition) is 0. The van der Waals surface area contributed by atoms with Crippen LogP contribution in [-0.4, -0.2) is 10.8 Å². The summed E-state index contributed by atoms with van der Waals surface area (Å²) < 4.78 is 7.96. The van der Waals surface area contributed by atoms with Crippen LogP contribution in [0.1, 0.15) is 35.8 Å². The van der Waals surface area contributed by atoms with E-state index in [1.165, 1.54) is 22.5 Å². The van der Waals surface area contributed by atoms with Crippen LogP contribution < -0.4 is 0 Å². The van der Waals surface area contributed by atoms with E-state index < -0.39 is 0 Å². The Bertz CT molecular complexity index is 859. The van der Waals surface area contributed by atoms with Gasteiger partial charge in [-0.25, -0.2) is 0 Å². The summed E-state index contributed by atoms with van der Waals surface area (Å²) in [5.41, 5.74) is 6.25. The van der Waals surface area contributed by atoms with Crippen molar-refractivity contribution >= 4 is 17.5 Å². The molecule has 3 aliphatic rings. The summed E-state index contributed by atoms with van der Waals surface area (Å²) in [5.74, 6) is 1.19. The smallest absolute Gasteiger partial charge is 0.113 e. The molecule has 0 saturated carbocycles. The molecule has 0 fully saturated rings. The van der Waals surface area contributed by atoms with Gasteiger partial charge in [0.25, 0.3) is 0 Å². The van der Waals surface area contributed by atoms with Gasteiger partial charge in [0.2, 0.25) is 0 Å². The summed E-state index contributed by atoms with van der Waals surface area (Å²) in [4.78, 5) is 4.85. The molecule has 0 aromatic carbocycles. The van der Waals surface area contributed by atoms with Crippen molar-refractivity contribution in [3.63, 3.8) is 0 Å². The Labute approximate surface area is 129 Å². The fraction of sp³-hybridized carbons (Fsp3) is 0.211. The zero-order valence-electron chi connectivity index (χ0n) is 12.2. The summed E-state index contributed by atoms with van der Waals surface area (Å²) in [7, 11) is 0. The molecule has 0 radical (unpaired) electrons. The lowest BCUT2D eigenvalue weighted by atomic mass is 9.92. The topological polar surface area (TPSA) is 30.4 Å². The average Bonchev–Trinajstić information content (AvgIpc) is 3.19. The molecule has 108 valence electrons. The van der Waals surface area contributed by atoms with Gasteiger partial charge in [-0.3, -0.25) is 4.99 Å². The van der Waals surface area contributed by atoms with Crippen LogP contribution in [-0.2, 0) is 6.42 Å². The van der Waals surface area contributed by atoms with E-state index in [0.29, 0.717) is 0 Å². The van der Waals surface area contributed by atoms with Crippen molar-refractivity contribution in [2.75, 3.05) is 0 Å². The first-order valence-electron chi connectivity index (χ1n) is 7.81. The lowest BCUT2D eigenvalue weighted by Gasteiger charge is -2.21. The number of furan rings is 1. The van der Waals surface area contributed by atoms with E-state index in [9.17, 15) is 0 Å². The van der Waals surface area contributed by atoms with Crippen LogP contribution in [0.15, 0.2) is 64.0 Å². The molecule has 0 amide bonds. The van der Waals surface area contributed by atoms with Crippen molar-refractivity contribution in [3.05, 3.63) is 71.6 Å². The second-order valence-electron chi connectivity index (χ2n) is 5.99. The fourth-order valence-electron chi connectivity index (χ4n) is 3.72. The highest BCUT2D eigenvalue weighted by molar-refractivity contribution is 6.12. The minimum absolute atomic E-state index is 0.199. The highest BCUT2D eigenvalue weighted by atomic mass is 16.3. The Morgan fingerprint density at radius 1 is 1.27 bits per heavy atom. The van der Waals surface area contributed by atoms with Crippen LogP contribution in [0.2, 0.25) is 0 Å². The van der Waals surface area contributed by atoms with Crippen LogP contribution in [0, 0.1) is 0 Å². The highest BCUT2D eigenvalue weighted by Crippen LogP contribution is 2.41. The third-order valence-corrected chi connectivity index (χ3v) is 4.75. The van der Waals surface area contributed by atoms with Crippen LogP contribution in [0.4, 0.5) is 0 Å². The molecular weight excluding hydrogens is 272 g/mol. The molecule has 2 aliphatic carbocycles. The quantitative estimate of drug-likeness (QED) is 0.764. The number of allylic oxidation sites excluding steroid dienone is 6. The first-order valence-corrected chi connectivity index (χ1v) is 7.81. The Balaban J connectivity index is 1.75. The third-order valence-electron chi connectivity index (χ3n) is 4.75. The maximum atomic E-state index is 5.66. The van der Waals surface area contributed by atoms with E-state index in [1.54, 1.807) is 6.26 Å². The van der Waals surface area contributed by atoms with E-state index in [-0.39, 0.29) is 5.92 Å². The van der Waals surface area contributed by atoms with Crippen molar-refractivity contribution < 1.29 is 4.42 Å². The van der Waals surface area contributed by atoms with Gasteiger partial charge in [0.15, 0.2) is 0 Å². The van der Waals surface area contributed by atoms with Gasteiger partial charge in [0.1, 0.15) is 5.76 Å². The largest absolute Gasteiger partial charge is 0.469 e. The predicted octanol–water partition coefficient (Wildman–Crippen LogP) is 4.41. The average molecular weight is 288 g/mol. The van der Waals surface area contributed by atoms with E-state index in [0.717, 1.165) is 30.7 Å². The molecule has 1 atom stereocenters. The van der Waals surface area contributed by atoms with Gasteiger partial charge in [-0.1, -0.05) is 12.2 Å². The fourth-order valence-corrected chi connectivity index (χ4v) is 3.72. The molecule has 22 heavy (non-hydrogen) atoms. The summed E-state index contributed by atoms with van der Waals surface area (Å²) in [6.45, 7) is 0. The molecule has 3 heterocycles. The molecule has 0 N–H and O–H groups in total. The number of nitrogens with zero attached hydrogens (tertiary/aromatic N) is 2. The molecule has 3 nitrogen and oxygen atoms in total. The molecule has 3 heteroatoms. The van der Waals surface area contributed by atoms with Gasteiger partial charge in [-0.2, -0.15) is 0 Å². The van der Waals surface area contributed by atoms with Crippen molar-refractivity contribution in [1.82, 2.24) is 4.57 Å². The molecule has 1 unspecified atom stereocenters. The van der Waals surface area contributed by atoms with Crippen molar-refractivity contribution in [3.8, 4) is 0 Å². The second kappa shape index (κ2) is 4.47. The number of hydrogen-bond acceptors (Lipinski definition) is 2. The summed E-state index contributed by atoms with van der Waals surface area (Å²) in [5, 5.41) is 0. The SMILES string of the molecule is C1=CC2=C(N=CC3=CCCc4ccn2c43)C(c2ccco2)C1. The highest BCUT2D eigenvalue weighted by Gasteiger charge is 2.28. The van der Waals surface area contributed by atoms with Gasteiger partial charge in [0, 0.05) is 18.0 Å². The first kappa shape index (κ1) is 12.0. The predicted molar refractivity (Wildman–Crippen MR) is 87.6 cm³/mol. The molecular formula is C19H16N2O. The van der Waals surface area contributed by atoms with E-state index >= 15 is 0 Å². The van der Waals surface area contributed by atoms with Gasteiger partial charge >= 0.3 is 0 Å². The van der Waals surface area contributed by atoms with Gasteiger partial charge in [0.05, 0.1) is 29.3 Å². The Morgan fingerprint density at radius 2 is 2.27 bits per heavy atom. The Morgan fingerprint density at radius 3 is 3.18 bits per heavy atom. The van der Waals surface area contributed by atoms with Gasteiger partial charge < -0.3 is 8.98 Å². The van der Waals surface area contributed by atoms with Crippen LogP contribution in [0.25, 0.3) is 11.3 Å². The maximum absolute atomic E-state index is 5.66. The van der Waals surface area contributed by atoms with Crippen molar-refractivity contribution in [1.29, 1.82) is 0 Å². The van der Waals surface area contributed by atoms with Crippen molar-refractivity contribution in [2.24, 2.45) is 4.99 Å². The monoisotopic (exact) mass is 288 g/mol. The second-order valence-corrected chi connectivity index (χ2v) is 5.99. The standard InChI is InChI=1S/C19H16N2O/c1-4-13-9-10-21-16-7-2-6-15(17-8-3-11-22-17)18(16)20-12-14(5-1)19(13)21/h2-3,5,7-12,15H,1,4,6H2. The molecule has 0 bridgehead atoms. The molecule has 1 aliphatic heterocycles. The molecule has 2 aromatic heterocycles. The maximum Gasteiger partial charge on any atom is 0.113 e. The number of aromatic nitrogens is 1. The third kappa shape index (κ3) is 1.59. The number of fused-ring (bicyclic) bond motifs is 1. The minimum atomic E-state index is 0.199. The normalized spacial score (nSPS) is 22.2. The molecule has 2 aromatic rings. The van der Waals surface area contributed by atoms with E-state index in [1.807, 2.05) is 18.3 Å². The number of rotatable bonds is 1. The minimum Gasteiger partial charge on any atom is -0.469 e. The molecule has 0 saturated heterocycles. The van der Waals surface area contributed by atoms with Crippen LogP contribution in [0.3, 0.4) is 0 Å². The summed E-state index contributed by atoms with van der Waals surface area (Å²) in [6.07, 6.45) is 15.8. The zero-order valence-corrected chi connectivity index (χ0v) is 12.2. The first-order chi connectivity index (χ1) is 10.9.